The molecule has 2 rings (SSSR count). The van der Waals surface area contributed by atoms with Crippen LogP contribution in [0.4, 0.5) is 4.39 Å². The number of nitrogens with one attached hydrogen (secondary N) is 1. The fourth-order valence-corrected chi connectivity index (χ4v) is 2.70. The van der Waals surface area contributed by atoms with Crippen molar-refractivity contribution in [3.05, 3.63) is 52.0 Å². The van der Waals surface area contributed by atoms with Crippen LogP contribution in [-0.4, -0.2) is 13.2 Å². The number of thiophene rings is 1. The second kappa shape index (κ2) is 6.65. The summed E-state index contributed by atoms with van der Waals surface area (Å²) in [4.78, 5) is 0. The Kier molecular flexibility index (Phi) is 4.90. The van der Waals surface area contributed by atoms with Crippen LogP contribution < -0.4 is 16.0 Å². The Balaban J connectivity index is 2.10. The minimum absolute atomic E-state index is 0.00351. The molecule has 0 spiro atoms. The minimum atomic E-state index is -0.310. The molecule has 1 aromatic carbocycles. The highest BCUT2D eigenvalue weighted by Gasteiger charge is 2.14. The van der Waals surface area contributed by atoms with Gasteiger partial charge in [-0.15, -0.1) is 0 Å². The number of hydrogen-bond donors (Lipinski definition) is 2. The molecule has 3 N–H and O–H groups in total. The van der Waals surface area contributed by atoms with Gasteiger partial charge in [-0.1, -0.05) is 12.1 Å². The molecule has 19 heavy (non-hydrogen) atoms. The lowest BCUT2D eigenvalue weighted by molar-refractivity contribution is 0.382. The number of benzene rings is 1. The quantitative estimate of drug-likeness (QED) is 0.631. The van der Waals surface area contributed by atoms with Crippen LogP contribution in [0.5, 0.6) is 5.75 Å². The summed E-state index contributed by atoms with van der Waals surface area (Å²) in [7, 11) is 1.46. The van der Waals surface area contributed by atoms with E-state index in [9.17, 15) is 4.39 Å². The molecule has 1 aromatic heterocycles. The van der Waals surface area contributed by atoms with Gasteiger partial charge in [-0.25, -0.2) is 4.39 Å². The second-order valence-corrected chi connectivity index (χ2v) is 5.12. The first-order valence-corrected chi connectivity index (χ1v) is 6.97. The lowest BCUT2D eigenvalue weighted by Crippen LogP contribution is -2.38. The highest BCUT2D eigenvalue weighted by Crippen LogP contribution is 2.21. The Bertz CT molecular complexity index is 516. The van der Waals surface area contributed by atoms with E-state index < -0.39 is 0 Å². The molecule has 0 aliphatic carbocycles. The molecule has 0 aliphatic rings. The summed E-state index contributed by atoms with van der Waals surface area (Å²) in [6.07, 6.45) is 1.30. The van der Waals surface area contributed by atoms with Gasteiger partial charge in [-0.05, 0) is 46.9 Å². The third-order valence-electron chi connectivity index (χ3n) is 3.03. The molecule has 0 aliphatic heterocycles. The number of nitrogens with two attached hydrogens (primary N) is 1. The predicted octanol–water partition coefficient (Wildman–Crippen LogP) is 2.51. The van der Waals surface area contributed by atoms with E-state index in [4.69, 9.17) is 10.6 Å². The van der Waals surface area contributed by atoms with Crippen LogP contribution in [0.2, 0.25) is 0 Å². The van der Waals surface area contributed by atoms with Gasteiger partial charge < -0.3 is 4.74 Å². The summed E-state index contributed by atoms with van der Waals surface area (Å²) in [5, 5.41) is 4.10. The van der Waals surface area contributed by atoms with Gasteiger partial charge in [-0.2, -0.15) is 11.3 Å². The van der Waals surface area contributed by atoms with E-state index >= 15 is 0 Å². The van der Waals surface area contributed by atoms with Crippen molar-refractivity contribution in [1.82, 2.24) is 5.43 Å². The first-order chi connectivity index (χ1) is 9.24. The maximum atomic E-state index is 14.1. The van der Waals surface area contributed by atoms with Gasteiger partial charge in [0.05, 0.1) is 7.11 Å². The SMILES string of the molecule is COc1cccc(CC(Cc2ccsc2)NN)c1F. The second-order valence-electron chi connectivity index (χ2n) is 4.34. The van der Waals surface area contributed by atoms with Crippen molar-refractivity contribution in [2.24, 2.45) is 5.84 Å². The Morgan fingerprint density at radius 2 is 2.21 bits per heavy atom. The van der Waals surface area contributed by atoms with Crippen LogP contribution in [0.1, 0.15) is 11.1 Å². The van der Waals surface area contributed by atoms with Crippen molar-refractivity contribution in [1.29, 1.82) is 0 Å². The smallest absolute Gasteiger partial charge is 0.168 e. The van der Waals surface area contributed by atoms with Crippen molar-refractivity contribution in [2.75, 3.05) is 7.11 Å². The predicted molar refractivity (Wildman–Crippen MR) is 75.8 cm³/mol. The first kappa shape index (κ1) is 14.0. The lowest BCUT2D eigenvalue weighted by atomic mass is 10.0. The van der Waals surface area contributed by atoms with Crippen molar-refractivity contribution < 1.29 is 9.13 Å². The van der Waals surface area contributed by atoms with E-state index in [1.807, 2.05) is 5.38 Å². The van der Waals surface area contributed by atoms with Crippen molar-refractivity contribution in [2.45, 2.75) is 18.9 Å². The van der Waals surface area contributed by atoms with Crippen molar-refractivity contribution >= 4 is 11.3 Å². The zero-order valence-corrected chi connectivity index (χ0v) is 11.5. The Morgan fingerprint density at radius 1 is 1.37 bits per heavy atom. The van der Waals surface area contributed by atoms with Gasteiger partial charge >= 0.3 is 0 Å². The summed E-state index contributed by atoms with van der Waals surface area (Å²) in [5.74, 6) is 5.52. The van der Waals surface area contributed by atoms with E-state index in [1.54, 1.807) is 29.5 Å². The lowest BCUT2D eigenvalue weighted by Gasteiger charge is -2.16. The number of hydrazine groups is 1. The summed E-state index contributed by atoms with van der Waals surface area (Å²) in [6, 6.07) is 7.21. The topological polar surface area (TPSA) is 47.3 Å². The zero-order valence-electron chi connectivity index (χ0n) is 10.7. The van der Waals surface area contributed by atoms with Gasteiger partial charge in [0.1, 0.15) is 0 Å². The number of rotatable bonds is 6. The average Bonchev–Trinajstić information content (AvgIpc) is 2.93. The monoisotopic (exact) mass is 280 g/mol. The normalized spacial score (nSPS) is 12.4. The molecule has 1 heterocycles. The van der Waals surface area contributed by atoms with E-state index in [2.05, 4.69) is 16.9 Å². The molecule has 0 fully saturated rings. The van der Waals surface area contributed by atoms with Crippen LogP contribution in [0.3, 0.4) is 0 Å². The summed E-state index contributed by atoms with van der Waals surface area (Å²) < 4.78 is 19.0. The van der Waals surface area contributed by atoms with Gasteiger partial charge in [0.2, 0.25) is 0 Å². The number of methoxy groups -OCH3 is 1. The summed E-state index contributed by atoms with van der Waals surface area (Å²) in [5.41, 5.74) is 4.56. The zero-order chi connectivity index (χ0) is 13.7. The van der Waals surface area contributed by atoms with Crippen molar-refractivity contribution in [3.8, 4) is 5.75 Å². The molecule has 3 nitrogen and oxygen atoms in total. The number of ether oxygens (including phenoxy) is 1. The van der Waals surface area contributed by atoms with Gasteiger partial charge in [0.15, 0.2) is 11.6 Å². The Labute approximate surface area is 116 Å². The summed E-state index contributed by atoms with van der Waals surface area (Å²) in [6.45, 7) is 0. The van der Waals surface area contributed by atoms with Crippen LogP contribution in [-0.2, 0) is 12.8 Å². The van der Waals surface area contributed by atoms with E-state index in [0.717, 1.165) is 6.42 Å². The minimum Gasteiger partial charge on any atom is -0.494 e. The number of halogens is 1. The molecule has 1 atom stereocenters. The maximum Gasteiger partial charge on any atom is 0.168 e. The fraction of sp³-hybridized carbons (Fsp3) is 0.286. The van der Waals surface area contributed by atoms with Crippen LogP contribution in [0, 0.1) is 5.82 Å². The largest absolute Gasteiger partial charge is 0.494 e. The molecule has 5 heteroatoms. The van der Waals surface area contributed by atoms with Gasteiger partial charge in [0, 0.05) is 6.04 Å². The Morgan fingerprint density at radius 3 is 2.84 bits per heavy atom. The molecular weight excluding hydrogens is 263 g/mol. The van der Waals surface area contributed by atoms with Crippen LogP contribution in [0.15, 0.2) is 35.0 Å². The molecule has 2 aromatic rings. The highest BCUT2D eigenvalue weighted by atomic mass is 32.1. The molecule has 0 amide bonds. The molecule has 1 unspecified atom stereocenters. The summed E-state index contributed by atoms with van der Waals surface area (Å²) >= 11 is 1.64. The highest BCUT2D eigenvalue weighted by molar-refractivity contribution is 7.07. The fourth-order valence-electron chi connectivity index (χ4n) is 2.02. The molecular formula is C14H17FN2OS. The van der Waals surface area contributed by atoms with Crippen molar-refractivity contribution in [3.63, 3.8) is 0 Å². The maximum absolute atomic E-state index is 14.1. The number of hydrogen-bond acceptors (Lipinski definition) is 4. The molecule has 0 radical (unpaired) electrons. The van der Waals surface area contributed by atoms with Crippen LogP contribution in [0.25, 0.3) is 0 Å². The molecule has 0 saturated heterocycles. The Hall–Kier alpha value is -1.43. The molecule has 0 saturated carbocycles. The average molecular weight is 280 g/mol. The van der Waals surface area contributed by atoms with E-state index in [1.165, 1.54) is 12.7 Å². The van der Waals surface area contributed by atoms with E-state index in [-0.39, 0.29) is 17.6 Å². The standard InChI is InChI=1S/C14H17FN2OS/c1-18-13-4-2-3-11(14(13)15)8-12(17-16)7-10-5-6-19-9-10/h2-6,9,12,17H,7-8,16H2,1H3. The third kappa shape index (κ3) is 3.53. The van der Waals surface area contributed by atoms with Gasteiger partial charge in [0.25, 0.3) is 0 Å². The molecule has 102 valence electrons. The first-order valence-electron chi connectivity index (χ1n) is 6.03. The van der Waals surface area contributed by atoms with E-state index in [0.29, 0.717) is 12.0 Å². The van der Waals surface area contributed by atoms with Crippen LogP contribution >= 0.6 is 11.3 Å². The third-order valence-corrected chi connectivity index (χ3v) is 3.76. The van der Waals surface area contributed by atoms with Gasteiger partial charge in [-0.3, -0.25) is 11.3 Å². The molecule has 0 bridgehead atoms.